The molecule has 3 heteroatoms. The van der Waals surface area contributed by atoms with Gasteiger partial charge in [0.15, 0.2) is 0 Å². The topological polar surface area (TPSA) is 24.8 Å². The van der Waals surface area contributed by atoms with Crippen LogP contribution in [0.4, 0.5) is 0 Å². The Morgan fingerprint density at radius 2 is 1.86 bits per heavy atom. The Kier molecular flexibility index (Phi) is 6.48. The van der Waals surface area contributed by atoms with Gasteiger partial charge in [-0.2, -0.15) is 0 Å². The lowest BCUT2D eigenvalue weighted by atomic mass is 10.0. The second-order valence-electron chi connectivity index (χ2n) is 5.82. The van der Waals surface area contributed by atoms with Gasteiger partial charge in [0, 0.05) is 6.54 Å². The van der Waals surface area contributed by atoms with Crippen molar-refractivity contribution in [3.05, 3.63) is 41.5 Å². The van der Waals surface area contributed by atoms with Gasteiger partial charge in [-0.1, -0.05) is 41.9 Å². The van der Waals surface area contributed by atoms with Crippen LogP contribution in [0.5, 0.6) is 0 Å². The van der Waals surface area contributed by atoms with E-state index in [9.17, 15) is 0 Å². The maximum absolute atomic E-state index is 5.51. The van der Waals surface area contributed by atoms with Crippen molar-refractivity contribution in [2.45, 2.75) is 32.1 Å². The molecule has 1 aliphatic rings. The lowest BCUT2D eigenvalue weighted by Crippen LogP contribution is -2.17. The Balaban J connectivity index is 2.07. The van der Waals surface area contributed by atoms with E-state index in [1.54, 1.807) is 0 Å². The van der Waals surface area contributed by atoms with E-state index in [1.807, 2.05) is 14.1 Å². The summed E-state index contributed by atoms with van der Waals surface area (Å²) >= 11 is 0. The van der Waals surface area contributed by atoms with Crippen molar-refractivity contribution in [1.29, 1.82) is 0 Å². The second-order valence-corrected chi connectivity index (χ2v) is 5.82. The number of likely N-dealkylation sites (N-methyl/N-ethyl adjacent to an activating group) is 1. The van der Waals surface area contributed by atoms with Crippen LogP contribution >= 0.6 is 0 Å². The SMILES string of the molecule is CN(C)CCO/N=C1\CCCCC\C1=C/c1ccccc1. The maximum atomic E-state index is 5.51. The van der Waals surface area contributed by atoms with Crippen LogP contribution in [0.1, 0.15) is 37.7 Å². The van der Waals surface area contributed by atoms with Gasteiger partial charge in [-0.25, -0.2) is 0 Å². The zero-order valence-electron chi connectivity index (χ0n) is 13.2. The standard InChI is InChI=1S/C18H26N2O/c1-20(2)13-14-21-19-18-12-8-4-7-11-17(18)15-16-9-5-3-6-10-16/h3,5-6,9-10,15H,4,7-8,11-14H2,1-2H3/b17-15+,19-18+. The van der Waals surface area contributed by atoms with E-state index < -0.39 is 0 Å². The zero-order valence-corrected chi connectivity index (χ0v) is 13.2. The molecule has 0 radical (unpaired) electrons. The average molecular weight is 286 g/mol. The van der Waals surface area contributed by atoms with Gasteiger partial charge in [0.2, 0.25) is 0 Å². The molecule has 0 aromatic heterocycles. The highest BCUT2D eigenvalue weighted by Crippen LogP contribution is 2.23. The van der Waals surface area contributed by atoms with Crippen molar-refractivity contribution < 1.29 is 4.84 Å². The average Bonchev–Trinajstić information content (AvgIpc) is 2.70. The first kappa shape index (κ1) is 15.8. The number of rotatable bonds is 5. The summed E-state index contributed by atoms with van der Waals surface area (Å²) in [6.07, 6.45) is 8.13. The van der Waals surface area contributed by atoms with Crippen LogP contribution in [-0.4, -0.2) is 37.9 Å². The molecule has 1 aromatic rings. The summed E-state index contributed by atoms with van der Waals surface area (Å²) in [6, 6.07) is 10.5. The summed E-state index contributed by atoms with van der Waals surface area (Å²) in [7, 11) is 4.09. The van der Waals surface area contributed by atoms with Crippen molar-refractivity contribution in [3.8, 4) is 0 Å². The highest BCUT2D eigenvalue weighted by molar-refractivity contribution is 6.03. The van der Waals surface area contributed by atoms with Crippen LogP contribution in [0.3, 0.4) is 0 Å². The number of allylic oxidation sites excluding steroid dienone is 1. The first-order valence-electron chi connectivity index (χ1n) is 7.85. The largest absolute Gasteiger partial charge is 0.394 e. The number of oxime groups is 1. The molecule has 0 aliphatic heterocycles. The van der Waals surface area contributed by atoms with Gasteiger partial charge in [-0.15, -0.1) is 0 Å². The van der Waals surface area contributed by atoms with E-state index in [-0.39, 0.29) is 0 Å². The second kappa shape index (κ2) is 8.63. The normalized spacial score (nSPS) is 20.0. The molecule has 0 saturated heterocycles. The quantitative estimate of drug-likeness (QED) is 0.465. The van der Waals surface area contributed by atoms with E-state index in [4.69, 9.17) is 4.84 Å². The first-order valence-corrected chi connectivity index (χ1v) is 7.85. The van der Waals surface area contributed by atoms with Gasteiger partial charge < -0.3 is 9.74 Å². The Labute approximate surface area is 128 Å². The third-order valence-electron chi connectivity index (χ3n) is 3.68. The fraction of sp³-hybridized carbons (Fsp3) is 0.500. The molecule has 1 aromatic carbocycles. The van der Waals surface area contributed by atoms with Crippen LogP contribution in [0, 0.1) is 0 Å². The molecule has 1 fully saturated rings. The molecule has 0 bridgehead atoms. The summed E-state index contributed by atoms with van der Waals surface area (Å²) in [6.45, 7) is 1.55. The fourth-order valence-electron chi connectivity index (χ4n) is 2.45. The predicted molar refractivity (Wildman–Crippen MR) is 89.4 cm³/mol. The minimum atomic E-state index is 0.648. The molecule has 0 heterocycles. The van der Waals surface area contributed by atoms with Crippen LogP contribution in [0.25, 0.3) is 6.08 Å². The van der Waals surface area contributed by atoms with E-state index in [0.29, 0.717) is 6.61 Å². The molecular formula is C18H26N2O. The molecule has 2 rings (SSSR count). The zero-order chi connectivity index (χ0) is 14.9. The molecule has 21 heavy (non-hydrogen) atoms. The molecule has 0 atom stereocenters. The van der Waals surface area contributed by atoms with Crippen molar-refractivity contribution in [1.82, 2.24) is 4.90 Å². The van der Waals surface area contributed by atoms with E-state index >= 15 is 0 Å². The van der Waals surface area contributed by atoms with Gasteiger partial charge >= 0.3 is 0 Å². The molecule has 3 nitrogen and oxygen atoms in total. The van der Waals surface area contributed by atoms with E-state index in [1.165, 1.54) is 30.4 Å². The summed E-state index contributed by atoms with van der Waals surface area (Å²) in [5.74, 6) is 0. The smallest absolute Gasteiger partial charge is 0.129 e. The molecule has 0 spiro atoms. The number of nitrogens with zero attached hydrogens (tertiary/aromatic N) is 2. The van der Waals surface area contributed by atoms with Crippen LogP contribution in [0.15, 0.2) is 41.1 Å². The molecular weight excluding hydrogens is 260 g/mol. The minimum absolute atomic E-state index is 0.648. The predicted octanol–water partition coefficient (Wildman–Crippen LogP) is 3.97. The maximum Gasteiger partial charge on any atom is 0.129 e. The third-order valence-corrected chi connectivity index (χ3v) is 3.68. The monoisotopic (exact) mass is 286 g/mol. The van der Waals surface area contributed by atoms with Gasteiger partial charge in [-0.3, -0.25) is 0 Å². The third kappa shape index (κ3) is 5.72. The van der Waals surface area contributed by atoms with Crippen molar-refractivity contribution in [3.63, 3.8) is 0 Å². The Morgan fingerprint density at radius 3 is 2.62 bits per heavy atom. The van der Waals surface area contributed by atoms with Crippen molar-refractivity contribution in [2.75, 3.05) is 27.2 Å². The molecule has 0 N–H and O–H groups in total. The van der Waals surface area contributed by atoms with Gasteiger partial charge in [0.05, 0.1) is 5.71 Å². The molecule has 0 unspecified atom stereocenters. The number of benzene rings is 1. The van der Waals surface area contributed by atoms with E-state index in [0.717, 1.165) is 25.1 Å². The van der Waals surface area contributed by atoms with Gasteiger partial charge in [-0.05, 0) is 57.0 Å². The summed E-state index contributed by atoms with van der Waals surface area (Å²) in [5.41, 5.74) is 3.72. The van der Waals surface area contributed by atoms with Gasteiger partial charge in [0.1, 0.15) is 6.61 Å². The Bertz CT molecular complexity index is 477. The lowest BCUT2D eigenvalue weighted by Gasteiger charge is -2.10. The van der Waals surface area contributed by atoms with Gasteiger partial charge in [0.25, 0.3) is 0 Å². The Morgan fingerprint density at radius 1 is 1.10 bits per heavy atom. The summed E-state index contributed by atoms with van der Waals surface area (Å²) in [4.78, 5) is 7.62. The minimum Gasteiger partial charge on any atom is -0.394 e. The first-order chi connectivity index (χ1) is 10.3. The van der Waals surface area contributed by atoms with Crippen LogP contribution < -0.4 is 0 Å². The summed E-state index contributed by atoms with van der Waals surface area (Å²) in [5, 5.41) is 4.41. The molecule has 114 valence electrons. The molecule has 1 saturated carbocycles. The number of hydrogen-bond donors (Lipinski definition) is 0. The van der Waals surface area contributed by atoms with Crippen LogP contribution in [-0.2, 0) is 4.84 Å². The summed E-state index contributed by atoms with van der Waals surface area (Å²) < 4.78 is 0. The fourth-order valence-corrected chi connectivity index (χ4v) is 2.45. The molecule has 1 aliphatic carbocycles. The van der Waals surface area contributed by atoms with Crippen molar-refractivity contribution >= 4 is 11.8 Å². The van der Waals surface area contributed by atoms with E-state index in [2.05, 4.69) is 46.5 Å². The van der Waals surface area contributed by atoms with Crippen molar-refractivity contribution in [2.24, 2.45) is 5.16 Å². The lowest BCUT2D eigenvalue weighted by molar-refractivity contribution is 0.125. The van der Waals surface area contributed by atoms with Crippen LogP contribution in [0.2, 0.25) is 0 Å². The highest BCUT2D eigenvalue weighted by atomic mass is 16.6. The highest BCUT2D eigenvalue weighted by Gasteiger charge is 2.12. The number of hydrogen-bond acceptors (Lipinski definition) is 3. The molecule has 0 amide bonds. The Hall–Kier alpha value is -1.61.